The molecule has 0 aromatic rings. The van der Waals surface area contributed by atoms with Gasteiger partial charge in [0.05, 0.1) is 12.8 Å². The van der Waals surface area contributed by atoms with Gasteiger partial charge in [-0.25, -0.2) is 14.6 Å². The number of esters is 1. The number of hydrogen-bond donors (Lipinski definition) is 3. The van der Waals surface area contributed by atoms with Crippen molar-refractivity contribution in [3.8, 4) is 0 Å². The number of nitrogens with one attached hydrogen (secondary N) is 1. The number of carbonyl (C=O) groups excluding carboxylic acids is 3. The lowest BCUT2D eigenvalue weighted by atomic mass is 9.58. The number of hydrogen-bond acceptors (Lipinski definition) is 9. The second-order valence-electron chi connectivity index (χ2n) is 10.4. The quantitative estimate of drug-likeness (QED) is 0.323. The molecular weight excluding hydrogens is 464 g/mol. The fourth-order valence-electron chi connectivity index (χ4n) is 6.08. The maximum absolute atomic E-state index is 12.6. The number of primary amides is 1. The van der Waals surface area contributed by atoms with Crippen molar-refractivity contribution in [3.05, 3.63) is 0 Å². The fourth-order valence-corrected chi connectivity index (χ4v) is 6.08. The van der Waals surface area contributed by atoms with Gasteiger partial charge in [-0.2, -0.15) is 0 Å². The van der Waals surface area contributed by atoms with Crippen LogP contribution in [0.4, 0.5) is 0 Å². The Kier molecular flexibility index (Phi) is 7.11. The summed E-state index contributed by atoms with van der Waals surface area (Å²) in [7, 11) is 0. The Bertz CT molecular complexity index is 882. The maximum atomic E-state index is 12.6. The van der Waals surface area contributed by atoms with E-state index in [2.05, 4.69) is 12.2 Å². The van der Waals surface area contributed by atoms with Crippen LogP contribution in [-0.2, 0) is 43.2 Å². The summed E-state index contributed by atoms with van der Waals surface area (Å²) in [6.07, 6.45) is 0.584. The molecule has 0 aromatic carbocycles. The molecular formula is C23H34N2O10. The van der Waals surface area contributed by atoms with Crippen molar-refractivity contribution in [2.45, 2.75) is 95.7 Å². The Morgan fingerprint density at radius 1 is 1.11 bits per heavy atom. The van der Waals surface area contributed by atoms with Crippen molar-refractivity contribution >= 4 is 23.8 Å². The first-order chi connectivity index (χ1) is 16.4. The molecule has 196 valence electrons. The van der Waals surface area contributed by atoms with Gasteiger partial charge in [0, 0.05) is 24.7 Å². The first-order valence-electron chi connectivity index (χ1n) is 12.2. The summed E-state index contributed by atoms with van der Waals surface area (Å²) in [5.74, 6) is -4.23. The molecule has 12 heteroatoms. The van der Waals surface area contributed by atoms with Crippen LogP contribution in [0.3, 0.4) is 0 Å². The van der Waals surface area contributed by atoms with E-state index in [1.54, 1.807) is 6.92 Å². The van der Waals surface area contributed by atoms with Gasteiger partial charge >= 0.3 is 11.9 Å². The van der Waals surface area contributed by atoms with Crippen LogP contribution in [0.25, 0.3) is 0 Å². The Hall–Kier alpha value is -2.28. The smallest absolute Gasteiger partial charge is 0.326 e. The second-order valence-corrected chi connectivity index (χ2v) is 10.4. The average Bonchev–Trinajstić information content (AvgIpc) is 3.01. The van der Waals surface area contributed by atoms with Gasteiger partial charge in [0.1, 0.15) is 6.04 Å². The lowest BCUT2D eigenvalue weighted by Gasteiger charge is -2.59. The molecule has 4 heterocycles. The van der Waals surface area contributed by atoms with E-state index in [1.807, 2.05) is 6.92 Å². The zero-order valence-electron chi connectivity index (χ0n) is 20.2. The van der Waals surface area contributed by atoms with Crippen molar-refractivity contribution < 1.29 is 48.3 Å². The first kappa shape index (κ1) is 25.8. The summed E-state index contributed by atoms with van der Waals surface area (Å²) in [6.45, 7) is 5.95. The molecule has 35 heavy (non-hydrogen) atoms. The summed E-state index contributed by atoms with van der Waals surface area (Å²) >= 11 is 0. The van der Waals surface area contributed by atoms with Gasteiger partial charge in [0.25, 0.3) is 0 Å². The highest BCUT2D eigenvalue weighted by Crippen LogP contribution is 2.60. The molecule has 5 aliphatic rings. The first-order valence-corrected chi connectivity index (χ1v) is 12.2. The Labute approximate surface area is 203 Å². The highest BCUT2D eigenvalue weighted by molar-refractivity contribution is 5.89. The molecule has 5 rings (SSSR count). The minimum atomic E-state index is -1.46. The van der Waals surface area contributed by atoms with Crippen LogP contribution in [0.5, 0.6) is 0 Å². The third-order valence-electron chi connectivity index (χ3n) is 7.94. The van der Waals surface area contributed by atoms with Crippen LogP contribution in [0.1, 0.15) is 65.7 Å². The molecule has 1 saturated carbocycles. The van der Waals surface area contributed by atoms with Crippen LogP contribution in [0.15, 0.2) is 0 Å². The van der Waals surface area contributed by atoms with Crippen LogP contribution >= 0.6 is 0 Å². The van der Waals surface area contributed by atoms with E-state index in [0.717, 1.165) is 19.3 Å². The minimum Gasteiger partial charge on any atom is -0.480 e. The monoisotopic (exact) mass is 498 g/mol. The van der Waals surface area contributed by atoms with Crippen LogP contribution in [0.2, 0.25) is 0 Å². The molecule has 4 saturated heterocycles. The number of nitrogens with two attached hydrogens (primary N) is 1. The lowest BCUT2D eigenvalue weighted by Crippen LogP contribution is -2.70. The molecule has 12 nitrogen and oxygen atoms in total. The van der Waals surface area contributed by atoms with Gasteiger partial charge in [-0.15, -0.1) is 0 Å². The molecule has 4 aliphatic heterocycles. The number of carboxylic acids is 1. The van der Waals surface area contributed by atoms with Gasteiger partial charge in [0.2, 0.25) is 23.9 Å². The third kappa shape index (κ3) is 4.89. The molecule has 0 radical (unpaired) electrons. The van der Waals surface area contributed by atoms with E-state index in [9.17, 15) is 19.2 Å². The van der Waals surface area contributed by atoms with E-state index < -0.39 is 60.2 Å². The predicted molar refractivity (Wildman–Crippen MR) is 116 cm³/mol. The maximum Gasteiger partial charge on any atom is 0.326 e. The largest absolute Gasteiger partial charge is 0.480 e. The standard InChI is InChI=1S/C23H34N2O10/c1-11-4-5-14-12(2)20(32-21-23(14)13(11)8-9-22(3,33-21)34-35-23)31-18(28)7-6-17(27)25-15(19(29)30)10-16(24)26/h11-15,20-21H,4-10H2,1-3H3,(H2,24,26)(H,25,27)(H,29,30). The summed E-state index contributed by atoms with van der Waals surface area (Å²) in [6, 6.07) is -1.46. The molecule has 5 fully saturated rings. The summed E-state index contributed by atoms with van der Waals surface area (Å²) in [4.78, 5) is 58.6. The SMILES string of the molecule is CC1CCC2C(C)C(OC(=O)CCC(=O)NC(CC(N)=O)C(=O)O)OC3OC4(C)CCC1C32OO4. The van der Waals surface area contributed by atoms with Crippen molar-refractivity contribution in [2.75, 3.05) is 0 Å². The molecule has 9 atom stereocenters. The number of amides is 2. The lowest BCUT2D eigenvalue weighted by molar-refractivity contribution is -0.576. The Morgan fingerprint density at radius 2 is 1.86 bits per heavy atom. The number of aliphatic carboxylic acids is 1. The molecule has 4 N–H and O–H groups in total. The molecule has 1 spiro atoms. The van der Waals surface area contributed by atoms with Gasteiger partial charge in [-0.1, -0.05) is 13.8 Å². The van der Waals surface area contributed by atoms with Crippen LogP contribution in [0, 0.1) is 23.7 Å². The van der Waals surface area contributed by atoms with Crippen molar-refractivity contribution in [3.63, 3.8) is 0 Å². The van der Waals surface area contributed by atoms with Crippen LogP contribution in [-0.4, -0.2) is 58.9 Å². The van der Waals surface area contributed by atoms with Crippen LogP contribution < -0.4 is 11.1 Å². The predicted octanol–water partition coefficient (Wildman–Crippen LogP) is 0.963. The zero-order valence-corrected chi connectivity index (χ0v) is 20.2. The Morgan fingerprint density at radius 3 is 2.54 bits per heavy atom. The molecule has 1 aliphatic carbocycles. The molecule has 2 amide bonds. The van der Waals surface area contributed by atoms with E-state index in [1.165, 1.54) is 0 Å². The minimum absolute atomic E-state index is 0.0173. The third-order valence-corrected chi connectivity index (χ3v) is 7.94. The number of carbonyl (C=O) groups is 4. The van der Waals surface area contributed by atoms with E-state index >= 15 is 0 Å². The van der Waals surface area contributed by atoms with Gasteiger partial charge in [-0.05, 0) is 38.0 Å². The zero-order chi connectivity index (χ0) is 25.5. The number of ether oxygens (including phenoxy) is 3. The molecule has 0 aromatic heterocycles. The number of rotatable bonds is 8. The molecule has 2 bridgehead atoms. The topological polar surface area (TPSA) is 173 Å². The van der Waals surface area contributed by atoms with E-state index in [0.29, 0.717) is 12.3 Å². The average molecular weight is 499 g/mol. The van der Waals surface area contributed by atoms with Gasteiger partial charge in [0.15, 0.2) is 11.9 Å². The summed E-state index contributed by atoms with van der Waals surface area (Å²) < 4.78 is 18.0. The highest BCUT2D eigenvalue weighted by atomic mass is 17.3. The summed E-state index contributed by atoms with van der Waals surface area (Å²) in [5.41, 5.74) is 4.23. The van der Waals surface area contributed by atoms with Crippen molar-refractivity contribution in [1.82, 2.24) is 5.32 Å². The van der Waals surface area contributed by atoms with E-state index in [-0.39, 0.29) is 30.6 Å². The fraction of sp³-hybridized carbons (Fsp3) is 0.826. The number of fused-ring (bicyclic) bond motifs is 2. The van der Waals surface area contributed by atoms with Crippen molar-refractivity contribution in [1.29, 1.82) is 0 Å². The normalized spacial score (nSPS) is 40.7. The van der Waals surface area contributed by atoms with E-state index in [4.69, 9.17) is 34.8 Å². The van der Waals surface area contributed by atoms with Gasteiger partial charge < -0.3 is 30.4 Å². The summed E-state index contributed by atoms with van der Waals surface area (Å²) in [5, 5.41) is 11.3. The second kappa shape index (κ2) is 9.64. The van der Waals surface area contributed by atoms with Gasteiger partial charge in [-0.3, -0.25) is 14.4 Å². The Balaban J connectivity index is 1.38. The highest BCUT2D eigenvalue weighted by Gasteiger charge is 2.69. The number of carboxylic acid groups (broad SMARTS) is 1. The molecule has 9 unspecified atom stereocenters. The van der Waals surface area contributed by atoms with Crippen molar-refractivity contribution in [2.24, 2.45) is 29.4 Å².